The zero-order valence-electron chi connectivity index (χ0n) is 24.9. The number of carbonyl (C=O) groups excluding carboxylic acids is 5. The molecule has 0 saturated carbocycles. The SMILES string of the molecule is COC(=O)[C@H](CC(=O)N(CCNC(=O)OCc1ccccc1)CCNC(=O)OCc1ccccc1)NC(=O)OC(C)(C)C. The van der Waals surface area contributed by atoms with E-state index in [2.05, 4.69) is 16.0 Å². The molecule has 2 rings (SSSR count). The van der Waals surface area contributed by atoms with Crippen LogP contribution in [0.3, 0.4) is 0 Å². The molecule has 234 valence electrons. The van der Waals surface area contributed by atoms with E-state index in [4.69, 9.17) is 18.9 Å². The number of amides is 4. The topological polar surface area (TPSA) is 162 Å². The highest BCUT2D eigenvalue weighted by Gasteiger charge is 2.29. The number of rotatable bonds is 14. The molecule has 1 atom stereocenters. The van der Waals surface area contributed by atoms with E-state index >= 15 is 0 Å². The summed E-state index contributed by atoms with van der Waals surface area (Å²) in [6.07, 6.45) is -2.72. The van der Waals surface area contributed by atoms with Crippen molar-refractivity contribution in [3.8, 4) is 0 Å². The van der Waals surface area contributed by atoms with Crippen LogP contribution in [0.1, 0.15) is 38.3 Å². The molecule has 0 aliphatic carbocycles. The Kier molecular flexibility index (Phi) is 14.3. The van der Waals surface area contributed by atoms with Gasteiger partial charge in [0.2, 0.25) is 5.91 Å². The number of nitrogens with one attached hydrogen (secondary N) is 3. The Morgan fingerprint density at radius 2 is 1.21 bits per heavy atom. The summed E-state index contributed by atoms with van der Waals surface area (Å²) in [4.78, 5) is 63.5. The monoisotopic (exact) mass is 600 g/mol. The lowest BCUT2D eigenvalue weighted by Crippen LogP contribution is -2.49. The Balaban J connectivity index is 1.96. The molecule has 0 saturated heterocycles. The van der Waals surface area contributed by atoms with Crippen LogP contribution in [0.5, 0.6) is 0 Å². The number of nitrogens with zero attached hydrogens (tertiary/aromatic N) is 1. The van der Waals surface area contributed by atoms with Crippen LogP contribution in [-0.2, 0) is 41.8 Å². The van der Waals surface area contributed by atoms with Gasteiger partial charge in [-0.2, -0.15) is 0 Å². The highest BCUT2D eigenvalue weighted by Crippen LogP contribution is 2.09. The number of esters is 1. The lowest BCUT2D eigenvalue weighted by Gasteiger charge is -2.26. The fourth-order valence-corrected chi connectivity index (χ4v) is 3.58. The molecule has 0 aliphatic heterocycles. The smallest absolute Gasteiger partial charge is 0.408 e. The summed E-state index contributed by atoms with van der Waals surface area (Å²) < 4.78 is 20.3. The van der Waals surface area contributed by atoms with Crippen molar-refractivity contribution < 1.29 is 42.9 Å². The van der Waals surface area contributed by atoms with Gasteiger partial charge in [-0.25, -0.2) is 19.2 Å². The number of benzene rings is 2. The molecule has 4 amide bonds. The van der Waals surface area contributed by atoms with Crippen LogP contribution in [0.15, 0.2) is 60.7 Å². The second-order valence-electron chi connectivity index (χ2n) is 10.3. The second-order valence-corrected chi connectivity index (χ2v) is 10.3. The fraction of sp³-hybridized carbons (Fsp3) is 0.433. The number of methoxy groups -OCH3 is 1. The molecule has 13 nitrogen and oxygen atoms in total. The molecule has 0 aromatic heterocycles. The molecule has 0 spiro atoms. The van der Waals surface area contributed by atoms with E-state index in [9.17, 15) is 24.0 Å². The average molecular weight is 601 g/mol. The maximum Gasteiger partial charge on any atom is 0.408 e. The third-order valence-electron chi connectivity index (χ3n) is 5.64. The van der Waals surface area contributed by atoms with Crippen molar-refractivity contribution in [2.24, 2.45) is 0 Å². The summed E-state index contributed by atoms with van der Waals surface area (Å²) in [7, 11) is 1.13. The van der Waals surface area contributed by atoms with Gasteiger partial charge in [-0.3, -0.25) is 4.79 Å². The van der Waals surface area contributed by atoms with E-state index in [1.54, 1.807) is 20.8 Å². The molecule has 0 fully saturated rings. The first-order chi connectivity index (χ1) is 20.5. The molecule has 0 unspecified atom stereocenters. The normalized spacial score (nSPS) is 11.3. The predicted molar refractivity (Wildman–Crippen MR) is 156 cm³/mol. The van der Waals surface area contributed by atoms with Gasteiger partial charge in [0, 0.05) is 26.2 Å². The molecule has 0 bridgehead atoms. The predicted octanol–water partition coefficient (Wildman–Crippen LogP) is 3.12. The van der Waals surface area contributed by atoms with Crippen molar-refractivity contribution in [3.63, 3.8) is 0 Å². The number of carbonyl (C=O) groups is 5. The lowest BCUT2D eigenvalue weighted by molar-refractivity contribution is -0.146. The van der Waals surface area contributed by atoms with Gasteiger partial charge >= 0.3 is 24.2 Å². The van der Waals surface area contributed by atoms with Crippen LogP contribution in [0.25, 0.3) is 0 Å². The van der Waals surface area contributed by atoms with Gasteiger partial charge in [0.1, 0.15) is 24.9 Å². The second kappa shape index (κ2) is 17.9. The Labute approximate surface area is 251 Å². The van der Waals surface area contributed by atoms with E-state index < -0.39 is 48.2 Å². The minimum Gasteiger partial charge on any atom is -0.467 e. The summed E-state index contributed by atoms with van der Waals surface area (Å²) in [5.74, 6) is -1.39. The van der Waals surface area contributed by atoms with Gasteiger partial charge in [-0.15, -0.1) is 0 Å². The Morgan fingerprint density at radius 1 is 0.744 bits per heavy atom. The van der Waals surface area contributed by atoms with Gasteiger partial charge in [0.25, 0.3) is 0 Å². The van der Waals surface area contributed by atoms with Crippen molar-refractivity contribution in [2.45, 2.75) is 52.0 Å². The first-order valence-electron chi connectivity index (χ1n) is 13.7. The third-order valence-corrected chi connectivity index (χ3v) is 5.64. The van der Waals surface area contributed by atoms with Gasteiger partial charge < -0.3 is 39.8 Å². The maximum absolute atomic E-state index is 13.3. The van der Waals surface area contributed by atoms with Crippen LogP contribution in [0.4, 0.5) is 14.4 Å². The van der Waals surface area contributed by atoms with Crippen LogP contribution in [-0.4, -0.2) is 80.0 Å². The van der Waals surface area contributed by atoms with Crippen molar-refractivity contribution in [2.75, 3.05) is 33.3 Å². The quantitative estimate of drug-likeness (QED) is 0.219. The molecule has 43 heavy (non-hydrogen) atoms. The molecular formula is C30H40N4O9. The van der Waals surface area contributed by atoms with E-state index in [0.29, 0.717) is 0 Å². The Bertz CT molecular complexity index is 1130. The van der Waals surface area contributed by atoms with Crippen molar-refractivity contribution in [1.29, 1.82) is 0 Å². The van der Waals surface area contributed by atoms with Crippen LogP contribution >= 0.6 is 0 Å². The zero-order chi connectivity index (χ0) is 31.7. The van der Waals surface area contributed by atoms with E-state index in [0.717, 1.165) is 18.2 Å². The zero-order valence-corrected chi connectivity index (χ0v) is 24.9. The first-order valence-corrected chi connectivity index (χ1v) is 13.7. The van der Waals surface area contributed by atoms with Gasteiger partial charge in [-0.1, -0.05) is 60.7 Å². The van der Waals surface area contributed by atoms with Gasteiger partial charge in [-0.05, 0) is 31.9 Å². The maximum atomic E-state index is 13.3. The Morgan fingerprint density at radius 3 is 1.63 bits per heavy atom. The lowest BCUT2D eigenvalue weighted by atomic mass is 10.2. The van der Waals surface area contributed by atoms with Crippen LogP contribution in [0, 0.1) is 0 Å². The minimum atomic E-state index is -1.33. The molecule has 2 aromatic rings. The Hall–Kier alpha value is -4.81. The largest absolute Gasteiger partial charge is 0.467 e. The van der Waals surface area contributed by atoms with E-state index in [-0.39, 0.29) is 39.4 Å². The standard InChI is InChI=1S/C30H40N4O9/c1-30(2,3)43-29(39)33-24(26(36)40-4)19-25(35)34(17-15-31-27(37)41-20-22-11-7-5-8-12-22)18-16-32-28(38)42-21-23-13-9-6-10-14-23/h5-14,24H,15-21H2,1-4H3,(H,31,37)(H,32,38)(H,33,39)/t24-/m0/s1. The first kappa shape index (κ1) is 34.4. The highest BCUT2D eigenvalue weighted by atomic mass is 16.6. The highest BCUT2D eigenvalue weighted by molar-refractivity contribution is 5.88. The summed E-state index contributed by atoms with van der Waals surface area (Å²) in [5.41, 5.74) is 0.791. The molecule has 3 N–H and O–H groups in total. The van der Waals surface area contributed by atoms with Crippen molar-refractivity contribution in [1.82, 2.24) is 20.9 Å². The molecule has 0 heterocycles. The number of ether oxygens (including phenoxy) is 4. The number of hydrogen-bond donors (Lipinski definition) is 3. The summed E-state index contributed by atoms with van der Waals surface area (Å²) >= 11 is 0. The minimum absolute atomic E-state index is 0.0141. The van der Waals surface area contributed by atoms with Crippen molar-refractivity contribution in [3.05, 3.63) is 71.8 Å². The summed E-state index contributed by atoms with van der Waals surface area (Å²) in [5, 5.41) is 7.51. The molecule has 0 radical (unpaired) electrons. The molecular weight excluding hydrogens is 560 g/mol. The molecule has 13 heteroatoms. The third kappa shape index (κ3) is 14.6. The summed E-state index contributed by atoms with van der Waals surface area (Å²) in [6.45, 7) is 5.16. The van der Waals surface area contributed by atoms with Crippen LogP contribution < -0.4 is 16.0 Å². The van der Waals surface area contributed by atoms with Crippen molar-refractivity contribution >= 4 is 30.2 Å². The van der Waals surface area contributed by atoms with Gasteiger partial charge in [0.15, 0.2) is 0 Å². The average Bonchev–Trinajstić information content (AvgIpc) is 2.97. The van der Waals surface area contributed by atoms with Gasteiger partial charge in [0.05, 0.1) is 13.5 Å². The summed E-state index contributed by atoms with van der Waals surface area (Å²) in [6, 6.07) is 16.9. The molecule has 2 aromatic carbocycles. The number of hydrogen-bond acceptors (Lipinski definition) is 9. The molecule has 0 aliphatic rings. The number of alkyl carbamates (subject to hydrolysis) is 3. The fourth-order valence-electron chi connectivity index (χ4n) is 3.58. The van der Waals surface area contributed by atoms with E-state index in [1.165, 1.54) is 4.90 Å². The van der Waals surface area contributed by atoms with E-state index in [1.807, 2.05) is 60.7 Å². The van der Waals surface area contributed by atoms with Crippen LogP contribution in [0.2, 0.25) is 0 Å².